The monoisotopic (exact) mass is 217 g/mol. The summed E-state index contributed by atoms with van der Waals surface area (Å²) in [5.74, 6) is 0.0880. The topological polar surface area (TPSA) is 89.4 Å². The molecule has 0 aromatic carbocycles. The smallest absolute Gasteiger partial charge is 0.236 e. The molecule has 5 heteroatoms. The van der Waals surface area contributed by atoms with E-state index in [1.165, 1.54) is 0 Å². The molecule has 1 atom stereocenters. The molecule has 90 valence electrons. The van der Waals surface area contributed by atoms with Crippen molar-refractivity contribution in [2.45, 2.75) is 39.7 Å². The van der Waals surface area contributed by atoms with E-state index in [1.54, 1.807) is 0 Å². The molecule has 0 bridgehead atoms. The summed E-state index contributed by atoms with van der Waals surface area (Å²) >= 11 is 0. The molecule has 0 aliphatic carbocycles. The van der Waals surface area contributed by atoms with Crippen LogP contribution in [0.5, 0.6) is 0 Å². The van der Waals surface area contributed by atoms with Crippen molar-refractivity contribution in [2.24, 2.45) is 11.5 Å². The first-order valence-corrected chi connectivity index (χ1v) is 5.32. The van der Waals surface area contributed by atoms with Gasteiger partial charge >= 0.3 is 0 Å². The van der Waals surface area contributed by atoms with Crippen molar-refractivity contribution in [3.63, 3.8) is 0 Å². The van der Waals surface area contributed by atoms with E-state index in [9.17, 15) is 4.79 Å². The van der Waals surface area contributed by atoms with Gasteiger partial charge in [-0.15, -0.1) is 0 Å². The summed E-state index contributed by atoms with van der Waals surface area (Å²) in [6.45, 7) is 7.13. The zero-order valence-electron chi connectivity index (χ0n) is 9.90. The predicted molar refractivity (Wildman–Crippen MR) is 61.1 cm³/mol. The number of hydrogen-bond donors (Lipinski definition) is 2. The fraction of sp³-hybridized carbons (Fsp3) is 0.800. The lowest BCUT2D eigenvalue weighted by Gasteiger charge is -2.19. The van der Waals surface area contributed by atoms with Gasteiger partial charge < -0.3 is 16.4 Å². The molecule has 1 fully saturated rings. The summed E-state index contributed by atoms with van der Waals surface area (Å²) in [5.41, 5.74) is 9.39. The number of carbonyl (C=O) groups is 2. The summed E-state index contributed by atoms with van der Waals surface area (Å²) in [7, 11) is 0. The zero-order chi connectivity index (χ0) is 12.3. The Morgan fingerprint density at radius 3 is 2.27 bits per heavy atom. The summed E-state index contributed by atoms with van der Waals surface area (Å²) in [6, 6.07) is 0.413. The Kier molecular flexibility index (Phi) is 12.0. The van der Waals surface area contributed by atoms with Gasteiger partial charge in [0.05, 0.1) is 6.54 Å². The molecular weight excluding hydrogens is 194 g/mol. The number of likely N-dealkylation sites (tertiary alicyclic amines) is 1. The van der Waals surface area contributed by atoms with Crippen molar-refractivity contribution in [1.29, 1.82) is 0 Å². The quantitative estimate of drug-likeness (QED) is 0.610. The Bertz CT molecular complexity index is 174. The molecule has 1 saturated heterocycles. The van der Waals surface area contributed by atoms with Crippen molar-refractivity contribution in [2.75, 3.05) is 13.1 Å². The van der Waals surface area contributed by atoms with Gasteiger partial charge in [-0.3, -0.25) is 9.59 Å². The van der Waals surface area contributed by atoms with Gasteiger partial charge in [-0.25, -0.2) is 0 Å². The second kappa shape index (κ2) is 11.0. The maximum absolute atomic E-state index is 11.0. The Morgan fingerprint density at radius 2 is 2.00 bits per heavy atom. The maximum Gasteiger partial charge on any atom is 0.236 e. The van der Waals surface area contributed by atoms with Crippen molar-refractivity contribution < 1.29 is 9.59 Å². The summed E-state index contributed by atoms with van der Waals surface area (Å²) in [4.78, 5) is 21.5. The number of nitrogens with zero attached hydrogens (tertiary/aromatic N) is 1. The normalized spacial score (nSPS) is 18.1. The summed E-state index contributed by atoms with van der Waals surface area (Å²) in [6.07, 6.45) is 2.51. The van der Waals surface area contributed by atoms with E-state index in [4.69, 9.17) is 10.5 Å². The van der Waals surface area contributed by atoms with Crippen molar-refractivity contribution in [1.82, 2.24) is 4.90 Å². The second-order valence-electron chi connectivity index (χ2n) is 2.92. The summed E-state index contributed by atoms with van der Waals surface area (Å²) in [5, 5.41) is 0. The van der Waals surface area contributed by atoms with Crippen molar-refractivity contribution in [3.8, 4) is 0 Å². The Labute approximate surface area is 91.8 Å². The largest absolute Gasteiger partial charge is 0.372 e. The van der Waals surface area contributed by atoms with Gasteiger partial charge in [0.15, 0.2) is 0 Å². The number of carbonyl (C=O) groups excluding carboxylic acids is 2. The fourth-order valence-corrected chi connectivity index (χ4v) is 1.42. The molecule has 0 aromatic rings. The first kappa shape index (κ1) is 16.3. The van der Waals surface area contributed by atoms with E-state index in [0.717, 1.165) is 19.4 Å². The molecule has 1 heterocycles. The highest BCUT2D eigenvalue weighted by Crippen LogP contribution is 2.15. The lowest BCUT2D eigenvalue weighted by molar-refractivity contribution is -0.130. The third-order valence-electron chi connectivity index (χ3n) is 2.05. The molecule has 4 N–H and O–H groups in total. The number of hydrogen-bond acceptors (Lipinski definition) is 3. The lowest BCUT2D eigenvalue weighted by atomic mass is 10.2. The molecular formula is C10H23N3O2. The van der Waals surface area contributed by atoms with Crippen LogP contribution < -0.4 is 11.5 Å². The molecule has 1 aliphatic rings. The minimum Gasteiger partial charge on any atom is -0.372 e. The second-order valence-corrected chi connectivity index (χ2v) is 2.92. The molecule has 1 rings (SSSR count). The average molecular weight is 217 g/mol. The highest BCUT2D eigenvalue weighted by Gasteiger charge is 2.23. The number of rotatable bonds is 1. The first-order chi connectivity index (χ1) is 7.17. The van der Waals surface area contributed by atoms with Crippen LogP contribution in [0.25, 0.3) is 0 Å². The van der Waals surface area contributed by atoms with Crippen molar-refractivity contribution in [3.05, 3.63) is 0 Å². The number of nitrogens with two attached hydrogens (primary N) is 2. The van der Waals surface area contributed by atoms with E-state index < -0.39 is 0 Å². The highest BCUT2D eigenvalue weighted by atomic mass is 16.2. The lowest BCUT2D eigenvalue weighted by Crippen LogP contribution is -2.37. The van der Waals surface area contributed by atoms with E-state index in [1.807, 2.05) is 18.7 Å². The Morgan fingerprint density at radius 1 is 1.53 bits per heavy atom. The molecule has 0 radical (unpaired) electrons. The Hall–Kier alpha value is -1.10. The van der Waals surface area contributed by atoms with E-state index >= 15 is 0 Å². The molecule has 2 amide bonds. The van der Waals surface area contributed by atoms with Gasteiger partial charge in [-0.1, -0.05) is 13.8 Å². The molecule has 1 aliphatic heterocycles. The number of primary amides is 1. The number of amides is 2. The standard InChI is InChI=1S/C7H14N2O.C2H6.CH3NO/c1-6-3-2-4-9(6)7(10)5-8;1-2;2-1-3/h6H,2-5,8H2,1H3;1-2H3;1H,(H2,2,3). The molecule has 0 saturated carbocycles. The first-order valence-electron chi connectivity index (χ1n) is 5.32. The average Bonchev–Trinajstić information content (AvgIpc) is 2.68. The van der Waals surface area contributed by atoms with Gasteiger partial charge in [0.2, 0.25) is 12.3 Å². The third-order valence-corrected chi connectivity index (χ3v) is 2.05. The maximum atomic E-state index is 11.0. The summed E-state index contributed by atoms with van der Waals surface area (Å²) < 4.78 is 0. The van der Waals surface area contributed by atoms with Crippen LogP contribution in [0.3, 0.4) is 0 Å². The van der Waals surface area contributed by atoms with Gasteiger partial charge in [0, 0.05) is 12.6 Å². The van der Waals surface area contributed by atoms with Crippen LogP contribution in [-0.4, -0.2) is 36.3 Å². The van der Waals surface area contributed by atoms with Gasteiger partial charge in [-0.05, 0) is 19.8 Å². The molecule has 1 unspecified atom stereocenters. The molecule has 0 aromatic heterocycles. The molecule has 15 heavy (non-hydrogen) atoms. The Balaban J connectivity index is 0. The van der Waals surface area contributed by atoms with Gasteiger partial charge in [0.1, 0.15) is 0 Å². The van der Waals surface area contributed by atoms with Crippen LogP contribution in [-0.2, 0) is 9.59 Å². The van der Waals surface area contributed by atoms with E-state index in [0.29, 0.717) is 6.04 Å². The van der Waals surface area contributed by atoms with Crippen LogP contribution in [0.2, 0.25) is 0 Å². The predicted octanol–water partition coefficient (Wildman–Crippen LogP) is 0.0837. The van der Waals surface area contributed by atoms with Crippen LogP contribution in [0.1, 0.15) is 33.6 Å². The minimum absolute atomic E-state index is 0.0880. The van der Waals surface area contributed by atoms with Crippen LogP contribution >= 0.6 is 0 Å². The van der Waals surface area contributed by atoms with Gasteiger partial charge in [0.25, 0.3) is 0 Å². The zero-order valence-corrected chi connectivity index (χ0v) is 9.90. The molecule has 5 nitrogen and oxygen atoms in total. The minimum atomic E-state index is 0.0880. The highest BCUT2D eigenvalue weighted by molar-refractivity contribution is 5.78. The fourth-order valence-electron chi connectivity index (χ4n) is 1.42. The van der Waals surface area contributed by atoms with Crippen LogP contribution in [0, 0.1) is 0 Å². The SMILES string of the molecule is CC.CC1CCCN1C(=O)CN.NC=O. The van der Waals surface area contributed by atoms with Gasteiger partial charge in [-0.2, -0.15) is 0 Å². The van der Waals surface area contributed by atoms with Crippen LogP contribution in [0.15, 0.2) is 0 Å². The van der Waals surface area contributed by atoms with E-state index in [2.05, 4.69) is 12.7 Å². The van der Waals surface area contributed by atoms with Crippen LogP contribution in [0.4, 0.5) is 0 Å². The molecule has 0 spiro atoms. The van der Waals surface area contributed by atoms with Crippen molar-refractivity contribution >= 4 is 12.3 Å². The van der Waals surface area contributed by atoms with E-state index in [-0.39, 0.29) is 18.9 Å². The third kappa shape index (κ3) is 6.90.